The van der Waals surface area contributed by atoms with Gasteiger partial charge >= 0.3 is 0 Å². The second kappa shape index (κ2) is 5.48. The monoisotopic (exact) mass is 245 g/mol. The number of rotatable bonds is 4. The van der Waals surface area contributed by atoms with Gasteiger partial charge in [-0.15, -0.1) is 11.3 Å². The quantitative estimate of drug-likeness (QED) is 0.856. The maximum atomic E-state index is 3.57. The molecule has 2 heteroatoms. The summed E-state index contributed by atoms with van der Waals surface area (Å²) in [4.78, 5) is 1.43. The van der Waals surface area contributed by atoms with Crippen LogP contribution in [0, 0.1) is 13.8 Å². The summed E-state index contributed by atoms with van der Waals surface area (Å²) in [6, 6.07) is 11.3. The molecule has 1 unspecified atom stereocenters. The van der Waals surface area contributed by atoms with Gasteiger partial charge in [0.15, 0.2) is 0 Å². The lowest BCUT2D eigenvalue weighted by molar-refractivity contribution is 0.637. The summed E-state index contributed by atoms with van der Waals surface area (Å²) < 4.78 is 0. The Morgan fingerprint density at radius 2 is 1.82 bits per heavy atom. The Morgan fingerprint density at radius 1 is 1.12 bits per heavy atom. The van der Waals surface area contributed by atoms with Crippen LogP contribution >= 0.6 is 11.3 Å². The molecule has 90 valence electrons. The van der Waals surface area contributed by atoms with Crippen LogP contribution in [0.4, 0.5) is 0 Å². The van der Waals surface area contributed by atoms with E-state index in [9.17, 15) is 0 Å². The van der Waals surface area contributed by atoms with Crippen LogP contribution in [0.15, 0.2) is 35.7 Å². The maximum absolute atomic E-state index is 3.57. The van der Waals surface area contributed by atoms with Gasteiger partial charge in [-0.1, -0.05) is 36.8 Å². The van der Waals surface area contributed by atoms with Gasteiger partial charge in [-0.25, -0.2) is 0 Å². The molecule has 0 saturated carbocycles. The van der Waals surface area contributed by atoms with E-state index >= 15 is 0 Å². The molecule has 1 N–H and O–H groups in total. The van der Waals surface area contributed by atoms with Gasteiger partial charge in [0.05, 0.1) is 6.04 Å². The summed E-state index contributed by atoms with van der Waals surface area (Å²) >= 11 is 1.83. The first kappa shape index (κ1) is 12.3. The molecule has 0 saturated heterocycles. The van der Waals surface area contributed by atoms with Gasteiger partial charge in [0.2, 0.25) is 0 Å². The van der Waals surface area contributed by atoms with Crippen LogP contribution < -0.4 is 5.32 Å². The second-order valence-corrected chi connectivity index (χ2v) is 5.32. The molecule has 1 nitrogen and oxygen atoms in total. The largest absolute Gasteiger partial charge is 0.306 e. The predicted molar refractivity (Wildman–Crippen MR) is 75.8 cm³/mol. The molecule has 0 aliphatic rings. The fourth-order valence-electron chi connectivity index (χ4n) is 2.01. The smallest absolute Gasteiger partial charge is 0.0673 e. The summed E-state index contributed by atoms with van der Waals surface area (Å²) in [5, 5.41) is 5.74. The van der Waals surface area contributed by atoms with Crippen molar-refractivity contribution in [2.75, 3.05) is 6.54 Å². The molecule has 17 heavy (non-hydrogen) atoms. The summed E-state index contributed by atoms with van der Waals surface area (Å²) in [5.41, 5.74) is 4.04. The molecule has 0 amide bonds. The highest BCUT2D eigenvalue weighted by Gasteiger charge is 2.15. The van der Waals surface area contributed by atoms with Crippen molar-refractivity contribution in [1.29, 1.82) is 0 Å². The van der Waals surface area contributed by atoms with E-state index in [0.29, 0.717) is 6.04 Å². The van der Waals surface area contributed by atoms with E-state index in [1.54, 1.807) is 0 Å². The molecule has 0 fully saturated rings. The van der Waals surface area contributed by atoms with E-state index in [1.807, 2.05) is 11.3 Å². The topological polar surface area (TPSA) is 12.0 Å². The molecule has 1 heterocycles. The molecule has 0 aliphatic heterocycles. The van der Waals surface area contributed by atoms with Crippen molar-refractivity contribution in [3.05, 3.63) is 57.3 Å². The van der Waals surface area contributed by atoms with Gasteiger partial charge in [-0.05, 0) is 43.0 Å². The SMILES string of the molecule is CCNC(c1ccc(C)cc1)c1sccc1C. The molecule has 1 aromatic carbocycles. The molecule has 1 atom stereocenters. The van der Waals surface area contributed by atoms with Gasteiger partial charge in [0.1, 0.15) is 0 Å². The van der Waals surface area contributed by atoms with Crippen LogP contribution in [-0.2, 0) is 0 Å². The van der Waals surface area contributed by atoms with Crippen LogP contribution in [-0.4, -0.2) is 6.54 Å². The average molecular weight is 245 g/mol. The molecule has 0 spiro atoms. The molecule has 2 rings (SSSR count). The number of hydrogen-bond donors (Lipinski definition) is 1. The minimum Gasteiger partial charge on any atom is -0.306 e. The van der Waals surface area contributed by atoms with Gasteiger partial charge < -0.3 is 5.32 Å². The van der Waals surface area contributed by atoms with E-state index in [2.05, 4.69) is 61.8 Å². The Kier molecular flexibility index (Phi) is 3.97. The minimum absolute atomic E-state index is 0.334. The summed E-state index contributed by atoms with van der Waals surface area (Å²) in [5.74, 6) is 0. The van der Waals surface area contributed by atoms with Crippen LogP contribution in [0.25, 0.3) is 0 Å². The summed E-state index contributed by atoms with van der Waals surface area (Å²) in [6.45, 7) is 7.45. The number of hydrogen-bond acceptors (Lipinski definition) is 2. The minimum atomic E-state index is 0.334. The van der Waals surface area contributed by atoms with Crippen molar-refractivity contribution in [3.8, 4) is 0 Å². The van der Waals surface area contributed by atoms with E-state index < -0.39 is 0 Å². The van der Waals surface area contributed by atoms with E-state index in [0.717, 1.165) is 6.54 Å². The van der Waals surface area contributed by atoms with Gasteiger partial charge in [-0.2, -0.15) is 0 Å². The maximum Gasteiger partial charge on any atom is 0.0673 e. The van der Waals surface area contributed by atoms with E-state index in [1.165, 1.54) is 21.6 Å². The molecule has 0 bridgehead atoms. The van der Waals surface area contributed by atoms with Crippen molar-refractivity contribution in [1.82, 2.24) is 5.32 Å². The van der Waals surface area contributed by atoms with Crippen molar-refractivity contribution >= 4 is 11.3 Å². The van der Waals surface area contributed by atoms with Gasteiger partial charge in [0.25, 0.3) is 0 Å². The Labute approximate surface area is 108 Å². The van der Waals surface area contributed by atoms with Gasteiger partial charge in [-0.3, -0.25) is 0 Å². The zero-order valence-electron chi connectivity index (χ0n) is 10.7. The molecule has 0 radical (unpaired) electrons. The second-order valence-electron chi connectivity index (χ2n) is 4.37. The average Bonchev–Trinajstić information content (AvgIpc) is 2.74. The number of aryl methyl sites for hydroxylation is 2. The standard InChI is InChI=1S/C15H19NS/c1-4-16-14(15-12(3)9-10-17-15)13-7-5-11(2)6-8-13/h5-10,14,16H,4H2,1-3H3. The number of nitrogens with one attached hydrogen (secondary N) is 1. The fraction of sp³-hybridized carbons (Fsp3) is 0.333. The summed E-state index contributed by atoms with van der Waals surface area (Å²) in [7, 11) is 0. The first-order chi connectivity index (χ1) is 8.22. The highest BCUT2D eigenvalue weighted by molar-refractivity contribution is 7.10. The van der Waals surface area contributed by atoms with Crippen LogP contribution in [0.3, 0.4) is 0 Å². The zero-order valence-corrected chi connectivity index (χ0v) is 11.5. The third-order valence-electron chi connectivity index (χ3n) is 2.98. The van der Waals surface area contributed by atoms with Crippen LogP contribution in [0.5, 0.6) is 0 Å². The van der Waals surface area contributed by atoms with E-state index in [-0.39, 0.29) is 0 Å². The number of thiophene rings is 1. The molecule has 1 aromatic heterocycles. The highest BCUT2D eigenvalue weighted by Crippen LogP contribution is 2.29. The summed E-state index contributed by atoms with van der Waals surface area (Å²) in [6.07, 6.45) is 0. The third-order valence-corrected chi connectivity index (χ3v) is 4.07. The first-order valence-electron chi connectivity index (χ1n) is 6.06. The van der Waals surface area contributed by atoms with Crippen molar-refractivity contribution < 1.29 is 0 Å². The molecule has 2 aromatic rings. The number of benzene rings is 1. The Hall–Kier alpha value is -1.12. The van der Waals surface area contributed by atoms with Crippen molar-refractivity contribution in [3.63, 3.8) is 0 Å². The first-order valence-corrected chi connectivity index (χ1v) is 6.94. The van der Waals surface area contributed by atoms with Crippen molar-refractivity contribution in [2.24, 2.45) is 0 Å². The van der Waals surface area contributed by atoms with E-state index in [4.69, 9.17) is 0 Å². The molecule has 0 aliphatic carbocycles. The molecular formula is C15H19NS. The lowest BCUT2D eigenvalue weighted by atomic mass is 10.0. The van der Waals surface area contributed by atoms with Crippen molar-refractivity contribution in [2.45, 2.75) is 26.8 Å². The zero-order chi connectivity index (χ0) is 12.3. The predicted octanol–water partition coefficient (Wildman–Crippen LogP) is 4.06. The Bertz CT molecular complexity index is 470. The molecular weight excluding hydrogens is 226 g/mol. The Morgan fingerprint density at radius 3 is 2.35 bits per heavy atom. The third kappa shape index (κ3) is 2.76. The van der Waals surface area contributed by atoms with Gasteiger partial charge in [0, 0.05) is 4.88 Å². The lowest BCUT2D eigenvalue weighted by Crippen LogP contribution is -2.21. The highest BCUT2D eigenvalue weighted by atomic mass is 32.1. The normalized spacial score (nSPS) is 12.6. The fourth-order valence-corrected chi connectivity index (χ4v) is 3.03. The van der Waals surface area contributed by atoms with Crippen LogP contribution in [0.2, 0.25) is 0 Å². The lowest BCUT2D eigenvalue weighted by Gasteiger charge is -2.18. The Balaban J connectivity index is 2.35. The van der Waals surface area contributed by atoms with Crippen LogP contribution in [0.1, 0.15) is 34.5 Å².